The first kappa shape index (κ1) is 12.2. The second kappa shape index (κ2) is 4.92. The Morgan fingerprint density at radius 2 is 2.00 bits per heavy atom. The Morgan fingerprint density at radius 3 is 2.76 bits per heavy atom. The highest BCUT2D eigenvalue weighted by Crippen LogP contribution is 2.19. The van der Waals surface area contributed by atoms with Gasteiger partial charge < -0.3 is 10.3 Å². The molecule has 2 N–H and O–H groups in total. The van der Waals surface area contributed by atoms with E-state index in [1.54, 1.807) is 0 Å². The molecule has 0 spiro atoms. The topological polar surface area (TPSA) is 27.8 Å². The summed E-state index contributed by atoms with van der Waals surface area (Å²) < 4.78 is 0. The monoisotopic (exact) mass is 230 g/mol. The van der Waals surface area contributed by atoms with Gasteiger partial charge in [-0.05, 0) is 36.1 Å². The Bertz CT molecular complexity index is 477. The Kier molecular flexibility index (Phi) is 3.53. The Morgan fingerprint density at radius 1 is 1.18 bits per heavy atom. The second-order valence-electron chi connectivity index (χ2n) is 5.84. The minimum absolute atomic E-state index is 0.410. The molecule has 0 aliphatic heterocycles. The molecule has 0 bridgehead atoms. The van der Waals surface area contributed by atoms with Crippen LogP contribution < -0.4 is 5.32 Å². The van der Waals surface area contributed by atoms with E-state index in [4.69, 9.17) is 0 Å². The highest BCUT2D eigenvalue weighted by atomic mass is 14.8. The molecule has 92 valence electrons. The maximum Gasteiger partial charge on any atom is 0.0457 e. The number of H-pyrrole nitrogens is 1. The van der Waals surface area contributed by atoms with Crippen LogP contribution >= 0.6 is 0 Å². The summed E-state index contributed by atoms with van der Waals surface area (Å²) in [5.74, 6) is 0. The minimum atomic E-state index is 0.410. The molecular formula is C15H22N2. The van der Waals surface area contributed by atoms with Crippen LogP contribution in [0.1, 0.15) is 32.8 Å². The maximum absolute atomic E-state index is 3.53. The number of aromatic nitrogens is 1. The summed E-state index contributed by atoms with van der Waals surface area (Å²) >= 11 is 0. The summed E-state index contributed by atoms with van der Waals surface area (Å²) in [6.07, 6.45) is 3.21. The molecule has 2 nitrogen and oxygen atoms in total. The molecule has 2 rings (SSSR count). The second-order valence-corrected chi connectivity index (χ2v) is 5.84. The fourth-order valence-electron chi connectivity index (χ4n) is 1.99. The van der Waals surface area contributed by atoms with E-state index in [1.165, 1.54) is 22.9 Å². The van der Waals surface area contributed by atoms with Gasteiger partial charge in [0.05, 0.1) is 0 Å². The van der Waals surface area contributed by atoms with Gasteiger partial charge in [0.2, 0.25) is 0 Å². The van der Waals surface area contributed by atoms with Gasteiger partial charge in [0.25, 0.3) is 0 Å². The number of aromatic amines is 1. The third-order valence-corrected chi connectivity index (χ3v) is 3.05. The molecule has 2 heteroatoms. The fourth-order valence-corrected chi connectivity index (χ4v) is 1.99. The van der Waals surface area contributed by atoms with Crippen molar-refractivity contribution in [1.29, 1.82) is 0 Å². The third kappa shape index (κ3) is 3.34. The predicted octanol–water partition coefficient (Wildman–Crippen LogP) is 3.69. The van der Waals surface area contributed by atoms with Crippen LogP contribution in [-0.4, -0.2) is 11.5 Å². The molecule has 0 saturated heterocycles. The average molecular weight is 230 g/mol. The van der Waals surface area contributed by atoms with Crippen LogP contribution in [0.25, 0.3) is 10.9 Å². The molecular weight excluding hydrogens is 208 g/mol. The van der Waals surface area contributed by atoms with Crippen LogP contribution in [0.3, 0.4) is 0 Å². The van der Waals surface area contributed by atoms with Crippen molar-refractivity contribution >= 4 is 10.9 Å². The summed E-state index contributed by atoms with van der Waals surface area (Å²) in [5, 5.41) is 4.86. The average Bonchev–Trinajstić information content (AvgIpc) is 2.71. The van der Waals surface area contributed by atoms with E-state index >= 15 is 0 Å². The molecule has 0 amide bonds. The van der Waals surface area contributed by atoms with Gasteiger partial charge in [-0.25, -0.2) is 0 Å². The molecule has 0 aliphatic carbocycles. The molecule has 0 unspecified atom stereocenters. The van der Waals surface area contributed by atoms with Crippen LogP contribution in [0.4, 0.5) is 0 Å². The van der Waals surface area contributed by atoms with E-state index in [0.29, 0.717) is 5.41 Å². The summed E-state index contributed by atoms with van der Waals surface area (Å²) in [7, 11) is 0. The summed E-state index contributed by atoms with van der Waals surface area (Å²) in [4.78, 5) is 3.25. The number of fused-ring (bicyclic) bond motifs is 1. The number of benzene rings is 1. The fraction of sp³-hybridized carbons (Fsp3) is 0.467. The van der Waals surface area contributed by atoms with Crippen LogP contribution in [-0.2, 0) is 6.54 Å². The van der Waals surface area contributed by atoms with Crippen LogP contribution in [0, 0.1) is 5.41 Å². The molecule has 0 aliphatic rings. The van der Waals surface area contributed by atoms with Gasteiger partial charge in [-0.15, -0.1) is 0 Å². The molecule has 1 heterocycles. The van der Waals surface area contributed by atoms with Crippen molar-refractivity contribution < 1.29 is 0 Å². The minimum Gasteiger partial charge on any atom is -0.361 e. The number of hydrogen-bond donors (Lipinski definition) is 2. The zero-order chi connectivity index (χ0) is 12.3. The van der Waals surface area contributed by atoms with Crippen molar-refractivity contribution in [2.45, 2.75) is 33.7 Å². The predicted molar refractivity (Wildman–Crippen MR) is 74.1 cm³/mol. The molecule has 2 aromatic rings. The lowest BCUT2D eigenvalue weighted by Gasteiger charge is -2.18. The summed E-state index contributed by atoms with van der Waals surface area (Å²) in [6, 6.07) is 8.57. The molecule has 0 atom stereocenters. The van der Waals surface area contributed by atoms with Crippen molar-refractivity contribution in [3.8, 4) is 0 Å². The number of rotatable bonds is 4. The van der Waals surface area contributed by atoms with Crippen molar-refractivity contribution in [3.63, 3.8) is 0 Å². The standard InChI is InChI=1S/C15H22N2/c1-15(2,3)8-10-16-11-12-5-4-6-14-13(12)7-9-17-14/h4-7,9,16-17H,8,10-11H2,1-3H3. The van der Waals surface area contributed by atoms with Crippen LogP contribution in [0.2, 0.25) is 0 Å². The van der Waals surface area contributed by atoms with Crippen molar-refractivity contribution in [2.24, 2.45) is 5.41 Å². The lowest BCUT2D eigenvalue weighted by atomic mass is 9.92. The van der Waals surface area contributed by atoms with Crippen LogP contribution in [0.5, 0.6) is 0 Å². The SMILES string of the molecule is CC(C)(C)CCNCc1cccc2[nH]ccc12. The third-order valence-electron chi connectivity index (χ3n) is 3.05. The van der Waals surface area contributed by atoms with Gasteiger partial charge in [-0.1, -0.05) is 32.9 Å². The van der Waals surface area contributed by atoms with E-state index < -0.39 is 0 Å². The van der Waals surface area contributed by atoms with Crippen molar-refractivity contribution in [2.75, 3.05) is 6.54 Å². The molecule has 0 saturated carbocycles. The molecule has 17 heavy (non-hydrogen) atoms. The normalized spacial score (nSPS) is 12.2. The van der Waals surface area contributed by atoms with E-state index in [1.807, 2.05) is 6.20 Å². The van der Waals surface area contributed by atoms with Gasteiger partial charge in [-0.3, -0.25) is 0 Å². The highest BCUT2D eigenvalue weighted by Gasteiger charge is 2.09. The van der Waals surface area contributed by atoms with Gasteiger partial charge in [0.1, 0.15) is 0 Å². The maximum atomic E-state index is 3.53. The Balaban J connectivity index is 1.93. The first-order chi connectivity index (χ1) is 8.06. The zero-order valence-electron chi connectivity index (χ0n) is 11.0. The van der Waals surface area contributed by atoms with Gasteiger partial charge in [0.15, 0.2) is 0 Å². The largest absolute Gasteiger partial charge is 0.361 e. The van der Waals surface area contributed by atoms with E-state index in [0.717, 1.165) is 13.1 Å². The molecule has 1 aromatic carbocycles. The van der Waals surface area contributed by atoms with E-state index in [9.17, 15) is 0 Å². The smallest absolute Gasteiger partial charge is 0.0457 e. The van der Waals surface area contributed by atoms with Crippen LogP contribution in [0.15, 0.2) is 30.5 Å². The quantitative estimate of drug-likeness (QED) is 0.770. The van der Waals surface area contributed by atoms with E-state index in [2.05, 4.69) is 55.3 Å². The Hall–Kier alpha value is -1.28. The molecule has 0 fully saturated rings. The molecule has 0 radical (unpaired) electrons. The number of nitrogens with one attached hydrogen (secondary N) is 2. The first-order valence-corrected chi connectivity index (χ1v) is 6.32. The molecule has 1 aromatic heterocycles. The summed E-state index contributed by atoms with van der Waals surface area (Å²) in [5.41, 5.74) is 3.00. The van der Waals surface area contributed by atoms with Crippen molar-refractivity contribution in [3.05, 3.63) is 36.0 Å². The van der Waals surface area contributed by atoms with E-state index in [-0.39, 0.29) is 0 Å². The highest BCUT2D eigenvalue weighted by molar-refractivity contribution is 5.82. The summed E-state index contributed by atoms with van der Waals surface area (Å²) in [6.45, 7) is 8.86. The Labute approximate surface area is 103 Å². The van der Waals surface area contributed by atoms with Gasteiger partial charge in [-0.2, -0.15) is 0 Å². The lowest BCUT2D eigenvalue weighted by molar-refractivity contribution is 0.367. The van der Waals surface area contributed by atoms with Gasteiger partial charge >= 0.3 is 0 Å². The first-order valence-electron chi connectivity index (χ1n) is 6.32. The zero-order valence-corrected chi connectivity index (χ0v) is 11.0. The number of hydrogen-bond acceptors (Lipinski definition) is 1. The lowest BCUT2D eigenvalue weighted by Crippen LogP contribution is -2.20. The van der Waals surface area contributed by atoms with Crippen molar-refractivity contribution in [1.82, 2.24) is 10.3 Å². The van der Waals surface area contributed by atoms with Gasteiger partial charge in [0, 0.05) is 23.6 Å².